The molecule has 0 bridgehead atoms. The lowest BCUT2D eigenvalue weighted by molar-refractivity contribution is 0.0980. The lowest BCUT2D eigenvalue weighted by Crippen LogP contribution is -2.38. The van der Waals surface area contributed by atoms with E-state index in [-0.39, 0.29) is 0 Å². The highest BCUT2D eigenvalue weighted by Crippen LogP contribution is 2.34. The Morgan fingerprint density at radius 2 is 2.21 bits per heavy atom. The number of fused-ring (bicyclic) bond motifs is 1. The van der Waals surface area contributed by atoms with Gasteiger partial charge in [-0.25, -0.2) is 8.78 Å². The molecule has 1 heterocycles. The molecule has 0 radical (unpaired) electrons. The van der Waals surface area contributed by atoms with Crippen LogP contribution in [0.15, 0.2) is 16.6 Å². The third kappa shape index (κ3) is 3.66. The minimum atomic E-state index is -2.37. The number of hydrogen-bond donors (Lipinski definition) is 1. The van der Waals surface area contributed by atoms with E-state index in [0.29, 0.717) is 19.6 Å². The summed E-state index contributed by atoms with van der Waals surface area (Å²) in [4.78, 5) is 0. The van der Waals surface area contributed by atoms with E-state index >= 15 is 0 Å². The summed E-state index contributed by atoms with van der Waals surface area (Å²) in [7, 11) is 0. The predicted octanol–water partition coefficient (Wildman–Crippen LogP) is 3.56. The van der Waals surface area contributed by atoms with Crippen molar-refractivity contribution < 1.29 is 13.5 Å². The van der Waals surface area contributed by atoms with Crippen LogP contribution < -0.4 is 10.1 Å². The largest absolute Gasteiger partial charge is 0.493 e. The summed E-state index contributed by atoms with van der Waals surface area (Å²) < 4.78 is 32.6. The van der Waals surface area contributed by atoms with Gasteiger partial charge < -0.3 is 10.1 Å². The Balaban J connectivity index is 2.17. The Kier molecular flexibility index (Phi) is 5.16. The Morgan fingerprint density at radius 3 is 2.89 bits per heavy atom. The van der Waals surface area contributed by atoms with Gasteiger partial charge in [0, 0.05) is 10.9 Å². The second kappa shape index (κ2) is 6.66. The van der Waals surface area contributed by atoms with Gasteiger partial charge in [-0.15, -0.1) is 0 Å². The van der Waals surface area contributed by atoms with E-state index in [9.17, 15) is 8.78 Å². The van der Waals surface area contributed by atoms with Crippen LogP contribution in [0.25, 0.3) is 0 Å². The van der Waals surface area contributed by atoms with Crippen molar-refractivity contribution in [3.8, 4) is 5.75 Å². The molecule has 0 fully saturated rings. The molecule has 0 spiro atoms. The number of alkyl halides is 2. The number of hydrogen-bond acceptors (Lipinski definition) is 2. The van der Waals surface area contributed by atoms with Crippen molar-refractivity contribution in [1.29, 1.82) is 0 Å². The van der Waals surface area contributed by atoms with Gasteiger partial charge >= 0.3 is 0 Å². The van der Waals surface area contributed by atoms with Crippen molar-refractivity contribution in [3.63, 3.8) is 0 Å². The topological polar surface area (TPSA) is 21.3 Å². The molecule has 1 N–H and O–H groups in total. The molecule has 0 aromatic heterocycles. The molecule has 2 rings (SSSR count). The summed E-state index contributed by atoms with van der Waals surface area (Å²) in [6.07, 6.45) is -0.387. The van der Waals surface area contributed by atoms with Crippen LogP contribution in [0.1, 0.15) is 24.5 Å². The van der Waals surface area contributed by atoms with Gasteiger partial charge in [-0.1, -0.05) is 22.9 Å². The first-order chi connectivity index (χ1) is 9.11. The fourth-order valence-electron chi connectivity index (χ4n) is 2.31. The molecule has 0 saturated heterocycles. The van der Waals surface area contributed by atoms with Gasteiger partial charge in [-0.3, -0.25) is 0 Å². The number of halogens is 3. The van der Waals surface area contributed by atoms with Crippen molar-refractivity contribution in [2.45, 2.75) is 38.7 Å². The van der Waals surface area contributed by atoms with Crippen molar-refractivity contribution in [2.24, 2.45) is 0 Å². The Bertz CT molecular complexity index is 440. The maximum atomic E-state index is 13.0. The zero-order chi connectivity index (χ0) is 13.8. The molecule has 2 nitrogen and oxygen atoms in total. The van der Waals surface area contributed by atoms with Crippen LogP contribution in [0.3, 0.4) is 0 Å². The van der Waals surface area contributed by atoms with Gasteiger partial charge in [0.05, 0.1) is 12.6 Å². The lowest BCUT2D eigenvalue weighted by Gasteiger charge is -2.19. The first kappa shape index (κ1) is 14.7. The standard InChI is InChI=1S/C14H18BrF2NO/c1-2-4-18-12(14(16)17)8-10-7-11(15)6-9-3-5-19-13(9)10/h6-7,12,14,18H,2-5,8H2,1H3. The maximum Gasteiger partial charge on any atom is 0.254 e. The molecule has 5 heteroatoms. The van der Waals surface area contributed by atoms with Crippen LogP contribution in [0, 0.1) is 0 Å². The SMILES string of the molecule is CCCNC(Cc1cc(Br)cc2c1OCC2)C(F)F. The zero-order valence-electron chi connectivity index (χ0n) is 10.9. The highest BCUT2D eigenvalue weighted by Gasteiger charge is 2.24. The third-order valence-corrected chi connectivity index (χ3v) is 3.68. The van der Waals surface area contributed by atoms with Crippen molar-refractivity contribution in [1.82, 2.24) is 5.32 Å². The summed E-state index contributed by atoms with van der Waals surface area (Å²) in [6, 6.07) is 3.07. The smallest absolute Gasteiger partial charge is 0.254 e. The Labute approximate surface area is 120 Å². The zero-order valence-corrected chi connectivity index (χ0v) is 12.5. The molecule has 0 aliphatic carbocycles. The summed E-state index contributed by atoms with van der Waals surface area (Å²) >= 11 is 3.43. The maximum absolute atomic E-state index is 13.0. The van der Waals surface area contributed by atoms with Crippen molar-refractivity contribution in [3.05, 3.63) is 27.7 Å². The molecule has 1 aliphatic rings. The van der Waals surface area contributed by atoms with E-state index < -0.39 is 12.5 Å². The average molecular weight is 334 g/mol. The highest BCUT2D eigenvalue weighted by atomic mass is 79.9. The van der Waals surface area contributed by atoms with Crippen LogP contribution >= 0.6 is 15.9 Å². The Hall–Kier alpha value is -0.680. The summed E-state index contributed by atoms with van der Waals surface area (Å²) in [6.45, 7) is 3.21. The summed E-state index contributed by atoms with van der Waals surface area (Å²) in [5.74, 6) is 0.798. The fourth-order valence-corrected chi connectivity index (χ4v) is 2.87. The minimum Gasteiger partial charge on any atom is -0.493 e. The summed E-state index contributed by atoms with van der Waals surface area (Å²) in [5, 5.41) is 2.91. The monoisotopic (exact) mass is 333 g/mol. The van der Waals surface area contributed by atoms with E-state index in [1.807, 2.05) is 19.1 Å². The molecule has 0 amide bonds. The van der Waals surface area contributed by atoms with E-state index in [1.165, 1.54) is 0 Å². The van der Waals surface area contributed by atoms with Gasteiger partial charge in [0.1, 0.15) is 5.75 Å². The van der Waals surface area contributed by atoms with E-state index in [2.05, 4.69) is 21.2 Å². The molecule has 106 valence electrons. The number of nitrogens with one attached hydrogen (secondary N) is 1. The van der Waals surface area contributed by atoms with Crippen molar-refractivity contribution >= 4 is 15.9 Å². The molecule has 1 atom stereocenters. The Morgan fingerprint density at radius 1 is 1.42 bits per heavy atom. The fraction of sp³-hybridized carbons (Fsp3) is 0.571. The second-order valence-electron chi connectivity index (χ2n) is 4.75. The molecular formula is C14H18BrF2NO. The number of ether oxygens (including phenoxy) is 1. The predicted molar refractivity (Wildman–Crippen MR) is 75.1 cm³/mol. The van der Waals surface area contributed by atoms with Gasteiger partial charge in [-0.05, 0) is 42.6 Å². The molecule has 1 unspecified atom stereocenters. The normalized spacial score (nSPS) is 15.4. The van der Waals surface area contributed by atoms with Gasteiger partial charge in [0.15, 0.2) is 0 Å². The van der Waals surface area contributed by atoms with Crippen molar-refractivity contribution in [2.75, 3.05) is 13.2 Å². The highest BCUT2D eigenvalue weighted by molar-refractivity contribution is 9.10. The lowest BCUT2D eigenvalue weighted by atomic mass is 10.0. The molecule has 1 aromatic carbocycles. The number of benzene rings is 1. The first-order valence-corrected chi connectivity index (χ1v) is 7.36. The van der Waals surface area contributed by atoms with Crippen LogP contribution in [-0.4, -0.2) is 25.6 Å². The molecule has 19 heavy (non-hydrogen) atoms. The molecule has 0 saturated carbocycles. The van der Waals surface area contributed by atoms with Gasteiger partial charge in [0.25, 0.3) is 6.43 Å². The van der Waals surface area contributed by atoms with Crippen LogP contribution in [0.2, 0.25) is 0 Å². The van der Waals surface area contributed by atoms with Crippen LogP contribution in [0.5, 0.6) is 5.75 Å². The average Bonchev–Trinajstić information content (AvgIpc) is 2.81. The molecule has 1 aromatic rings. The minimum absolute atomic E-state index is 0.291. The van der Waals surface area contributed by atoms with E-state index in [4.69, 9.17) is 4.74 Å². The van der Waals surface area contributed by atoms with E-state index in [0.717, 1.165) is 34.2 Å². The third-order valence-electron chi connectivity index (χ3n) is 3.23. The van der Waals surface area contributed by atoms with Gasteiger partial charge in [0.2, 0.25) is 0 Å². The molecular weight excluding hydrogens is 316 g/mol. The van der Waals surface area contributed by atoms with Gasteiger partial charge in [-0.2, -0.15) is 0 Å². The van der Waals surface area contributed by atoms with E-state index in [1.54, 1.807) is 0 Å². The van der Waals surface area contributed by atoms with Crippen LogP contribution in [0.4, 0.5) is 8.78 Å². The number of rotatable bonds is 6. The second-order valence-corrected chi connectivity index (χ2v) is 5.67. The van der Waals surface area contributed by atoms with Crippen LogP contribution in [-0.2, 0) is 12.8 Å². The summed E-state index contributed by atoms with van der Waals surface area (Å²) in [5.41, 5.74) is 1.96. The molecule has 1 aliphatic heterocycles. The first-order valence-electron chi connectivity index (χ1n) is 6.57. The quantitative estimate of drug-likeness (QED) is 0.859.